The van der Waals surface area contributed by atoms with E-state index in [0.717, 1.165) is 18.9 Å². The molecule has 3 unspecified atom stereocenters. The molecule has 2 aliphatic rings. The SMILES string of the molecule is CC1CCCCCC2C(=O)N(C(C)C)CCC2CCC1. The van der Waals surface area contributed by atoms with E-state index in [2.05, 4.69) is 25.7 Å². The van der Waals surface area contributed by atoms with Gasteiger partial charge in [0.05, 0.1) is 0 Å². The molecule has 2 fully saturated rings. The third kappa shape index (κ3) is 3.99. The predicted octanol–water partition coefficient (Wildman–Crippen LogP) is 4.63. The number of amides is 1. The number of nitrogens with zero attached hydrogens (tertiary/aromatic N) is 1. The maximum absolute atomic E-state index is 12.7. The summed E-state index contributed by atoms with van der Waals surface area (Å²) in [5.41, 5.74) is 0. The Bertz CT molecular complexity index is 313. The van der Waals surface area contributed by atoms with Crippen LogP contribution in [0.4, 0.5) is 0 Å². The summed E-state index contributed by atoms with van der Waals surface area (Å²) in [5, 5.41) is 0. The number of likely N-dealkylation sites (tertiary alicyclic amines) is 1. The van der Waals surface area contributed by atoms with Crippen molar-refractivity contribution >= 4 is 5.91 Å². The van der Waals surface area contributed by atoms with Gasteiger partial charge in [0, 0.05) is 18.5 Å². The number of rotatable bonds is 1. The summed E-state index contributed by atoms with van der Waals surface area (Å²) >= 11 is 0. The van der Waals surface area contributed by atoms with E-state index in [1.807, 2.05) is 0 Å². The Balaban J connectivity index is 2.01. The Labute approximate surface area is 125 Å². The van der Waals surface area contributed by atoms with Gasteiger partial charge in [-0.25, -0.2) is 0 Å². The Morgan fingerprint density at radius 3 is 2.40 bits per heavy atom. The zero-order chi connectivity index (χ0) is 14.5. The van der Waals surface area contributed by atoms with Crippen LogP contribution in [-0.4, -0.2) is 23.4 Å². The summed E-state index contributed by atoms with van der Waals surface area (Å²) in [6.45, 7) is 7.71. The Kier molecular flexibility index (Phi) is 5.92. The molecule has 0 spiro atoms. The second-order valence-electron chi connectivity index (χ2n) is 7.45. The van der Waals surface area contributed by atoms with Gasteiger partial charge in [-0.2, -0.15) is 0 Å². The van der Waals surface area contributed by atoms with Crippen molar-refractivity contribution < 1.29 is 4.79 Å². The minimum absolute atomic E-state index is 0.333. The van der Waals surface area contributed by atoms with E-state index in [4.69, 9.17) is 0 Å². The number of hydrogen-bond donors (Lipinski definition) is 0. The average molecular weight is 279 g/mol. The third-order valence-electron chi connectivity index (χ3n) is 5.52. The number of fused-ring (bicyclic) bond motifs is 1. The highest BCUT2D eigenvalue weighted by molar-refractivity contribution is 5.80. The summed E-state index contributed by atoms with van der Waals surface area (Å²) in [5.74, 6) is 2.35. The number of piperidine rings is 1. The Hall–Kier alpha value is -0.530. The van der Waals surface area contributed by atoms with E-state index < -0.39 is 0 Å². The molecule has 0 aromatic heterocycles. The van der Waals surface area contributed by atoms with Gasteiger partial charge in [-0.05, 0) is 44.9 Å². The first-order chi connectivity index (χ1) is 9.59. The summed E-state index contributed by atoms with van der Waals surface area (Å²) in [6, 6.07) is 0.377. The first kappa shape index (κ1) is 15.9. The van der Waals surface area contributed by atoms with Crippen LogP contribution in [0.15, 0.2) is 0 Å². The first-order valence-electron chi connectivity index (χ1n) is 8.90. The maximum atomic E-state index is 12.7. The molecule has 3 atom stereocenters. The van der Waals surface area contributed by atoms with Crippen LogP contribution >= 0.6 is 0 Å². The molecule has 1 saturated heterocycles. The standard InChI is InChI=1S/C18H33NO/c1-14(2)19-13-12-16-10-7-9-15(3)8-5-4-6-11-17(16)18(19)20/h14-17H,4-13H2,1-3H3. The van der Waals surface area contributed by atoms with Crippen molar-refractivity contribution in [1.82, 2.24) is 4.90 Å². The highest BCUT2D eigenvalue weighted by Gasteiger charge is 2.36. The molecule has 1 heterocycles. The van der Waals surface area contributed by atoms with Gasteiger partial charge in [0.1, 0.15) is 0 Å². The molecule has 2 heteroatoms. The van der Waals surface area contributed by atoms with Crippen LogP contribution in [0.25, 0.3) is 0 Å². The van der Waals surface area contributed by atoms with E-state index in [1.54, 1.807) is 0 Å². The van der Waals surface area contributed by atoms with Crippen molar-refractivity contribution in [2.45, 2.75) is 84.6 Å². The lowest BCUT2D eigenvalue weighted by atomic mass is 9.78. The van der Waals surface area contributed by atoms with Gasteiger partial charge >= 0.3 is 0 Å². The minimum atomic E-state index is 0.333. The summed E-state index contributed by atoms with van der Waals surface area (Å²) in [7, 11) is 0. The fourth-order valence-electron chi connectivity index (χ4n) is 4.15. The largest absolute Gasteiger partial charge is 0.340 e. The van der Waals surface area contributed by atoms with Gasteiger partial charge in [-0.1, -0.05) is 45.4 Å². The molecule has 1 aliphatic carbocycles. The molecule has 0 N–H and O–H groups in total. The van der Waals surface area contributed by atoms with Crippen LogP contribution in [0.3, 0.4) is 0 Å². The highest BCUT2D eigenvalue weighted by atomic mass is 16.2. The van der Waals surface area contributed by atoms with E-state index in [0.29, 0.717) is 23.8 Å². The molecule has 2 rings (SSSR count). The van der Waals surface area contributed by atoms with Crippen molar-refractivity contribution in [1.29, 1.82) is 0 Å². The van der Waals surface area contributed by atoms with E-state index in [1.165, 1.54) is 51.4 Å². The lowest BCUT2D eigenvalue weighted by Crippen LogP contribution is -2.48. The molecule has 116 valence electrons. The lowest BCUT2D eigenvalue weighted by molar-refractivity contribution is -0.143. The van der Waals surface area contributed by atoms with E-state index >= 15 is 0 Å². The molecule has 2 nitrogen and oxygen atoms in total. The molecule has 0 aromatic rings. The molecular weight excluding hydrogens is 246 g/mol. The van der Waals surface area contributed by atoms with E-state index in [-0.39, 0.29) is 0 Å². The zero-order valence-electron chi connectivity index (χ0n) is 13.7. The van der Waals surface area contributed by atoms with Crippen LogP contribution in [0.1, 0.15) is 78.6 Å². The fourth-order valence-corrected chi connectivity index (χ4v) is 4.15. The van der Waals surface area contributed by atoms with Crippen LogP contribution in [0.5, 0.6) is 0 Å². The molecule has 1 amide bonds. The van der Waals surface area contributed by atoms with Crippen LogP contribution in [0, 0.1) is 17.8 Å². The third-order valence-corrected chi connectivity index (χ3v) is 5.52. The van der Waals surface area contributed by atoms with Gasteiger partial charge in [0.15, 0.2) is 0 Å². The molecule has 1 saturated carbocycles. The minimum Gasteiger partial charge on any atom is -0.340 e. The van der Waals surface area contributed by atoms with Gasteiger partial charge < -0.3 is 4.90 Å². The first-order valence-corrected chi connectivity index (χ1v) is 8.90. The van der Waals surface area contributed by atoms with Gasteiger partial charge in [0.25, 0.3) is 0 Å². The van der Waals surface area contributed by atoms with Gasteiger partial charge in [0.2, 0.25) is 5.91 Å². The number of hydrogen-bond acceptors (Lipinski definition) is 1. The van der Waals surface area contributed by atoms with Crippen molar-refractivity contribution in [3.8, 4) is 0 Å². The molecule has 0 radical (unpaired) electrons. The molecule has 0 bridgehead atoms. The van der Waals surface area contributed by atoms with Crippen molar-refractivity contribution in [3.05, 3.63) is 0 Å². The Morgan fingerprint density at radius 2 is 1.65 bits per heavy atom. The molecule has 0 aromatic carbocycles. The summed E-state index contributed by atoms with van der Waals surface area (Å²) in [4.78, 5) is 14.9. The van der Waals surface area contributed by atoms with Crippen LogP contribution in [0.2, 0.25) is 0 Å². The van der Waals surface area contributed by atoms with Crippen LogP contribution in [-0.2, 0) is 4.79 Å². The smallest absolute Gasteiger partial charge is 0.226 e. The number of carbonyl (C=O) groups is 1. The van der Waals surface area contributed by atoms with Gasteiger partial charge in [-0.3, -0.25) is 4.79 Å². The van der Waals surface area contributed by atoms with Crippen molar-refractivity contribution in [3.63, 3.8) is 0 Å². The molecule has 1 aliphatic heterocycles. The van der Waals surface area contributed by atoms with Crippen molar-refractivity contribution in [2.24, 2.45) is 17.8 Å². The molecular formula is C18H33NO. The van der Waals surface area contributed by atoms with Gasteiger partial charge in [-0.15, -0.1) is 0 Å². The Morgan fingerprint density at radius 1 is 0.950 bits per heavy atom. The summed E-state index contributed by atoms with van der Waals surface area (Å²) < 4.78 is 0. The van der Waals surface area contributed by atoms with Crippen LogP contribution < -0.4 is 0 Å². The van der Waals surface area contributed by atoms with E-state index in [9.17, 15) is 4.79 Å². The number of carbonyl (C=O) groups excluding carboxylic acids is 1. The van der Waals surface area contributed by atoms with Crippen molar-refractivity contribution in [2.75, 3.05) is 6.54 Å². The highest BCUT2D eigenvalue weighted by Crippen LogP contribution is 2.35. The second-order valence-corrected chi connectivity index (χ2v) is 7.45. The average Bonchev–Trinajstić information content (AvgIpc) is 2.43. The molecule has 20 heavy (non-hydrogen) atoms. The summed E-state index contributed by atoms with van der Waals surface area (Å²) in [6.07, 6.45) is 11.7. The fraction of sp³-hybridized carbons (Fsp3) is 0.944. The maximum Gasteiger partial charge on any atom is 0.226 e. The topological polar surface area (TPSA) is 20.3 Å². The zero-order valence-corrected chi connectivity index (χ0v) is 13.7. The second kappa shape index (κ2) is 7.47. The normalized spacial score (nSPS) is 33.7. The lowest BCUT2D eigenvalue weighted by Gasteiger charge is -2.40. The predicted molar refractivity (Wildman–Crippen MR) is 84.5 cm³/mol. The monoisotopic (exact) mass is 279 g/mol. The quantitative estimate of drug-likeness (QED) is 0.685.